The third-order valence-corrected chi connectivity index (χ3v) is 4.91. The van der Waals surface area contributed by atoms with Gasteiger partial charge < -0.3 is 14.6 Å². The Hall–Kier alpha value is -2.95. The van der Waals surface area contributed by atoms with Crippen LogP contribution < -0.4 is 0 Å². The number of hydrogen-bond donors (Lipinski definition) is 1. The number of alkyl halides is 3. The van der Waals surface area contributed by atoms with Crippen molar-refractivity contribution >= 4 is 17.4 Å². The first kappa shape index (κ1) is 20.8. The third-order valence-electron chi connectivity index (χ3n) is 4.91. The zero-order valence-corrected chi connectivity index (χ0v) is 15.1. The second-order valence-electron chi connectivity index (χ2n) is 6.62. The minimum Gasteiger partial charge on any atom is -0.466 e. The highest BCUT2D eigenvalue weighted by atomic mass is 19.4. The fourth-order valence-electron chi connectivity index (χ4n) is 3.70. The topological polar surface area (TPSA) is 116 Å². The molecule has 3 rings (SSSR count). The Morgan fingerprint density at radius 3 is 2.69 bits per heavy atom. The van der Waals surface area contributed by atoms with E-state index in [1.54, 1.807) is 0 Å². The van der Waals surface area contributed by atoms with Gasteiger partial charge in [0.2, 0.25) is 0 Å². The number of benzene rings is 1. The first-order chi connectivity index (χ1) is 13.5. The molecule has 1 aliphatic heterocycles. The number of nitrogens with zero attached hydrogens (tertiary/aromatic N) is 1. The van der Waals surface area contributed by atoms with Gasteiger partial charge in [-0.15, -0.1) is 0 Å². The maximum atomic E-state index is 13.8. The highest BCUT2D eigenvalue weighted by Gasteiger charge is 2.70. The summed E-state index contributed by atoms with van der Waals surface area (Å²) in [6.07, 6.45) is -5.76. The fourth-order valence-corrected chi connectivity index (χ4v) is 3.70. The molecule has 0 aromatic heterocycles. The van der Waals surface area contributed by atoms with Crippen molar-refractivity contribution in [3.05, 3.63) is 51.3 Å². The molecule has 29 heavy (non-hydrogen) atoms. The van der Waals surface area contributed by atoms with Gasteiger partial charge in [0.25, 0.3) is 5.69 Å². The molecule has 0 saturated heterocycles. The minimum absolute atomic E-state index is 0.106. The number of allylic oxidation sites excluding steroid dienone is 2. The predicted molar refractivity (Wildman–Crippen MR) is 89.3 cm³/mol. The van der Waals surface area contributed by atoms with E-state index in [1.807, 2.05) is 0 Å². The number of non-ortho nitro benzene ring substituents is 1. The molecule has 8 nitrogen and oxygen atoms in total. The normalized spacial score (nSPS) is 26.7. The van der Waals surface area contributed by atoms with E-state index in [-0.39, 0.29) is 36.3 Å². The van der Waals surface area contributed by atoms with Crippen molar-refractivity contribution in [2.45, 2.75) is 37.6 Å². The minimum atomic E-state index is -5.41. The SMILES string of the molecule is CCOC(=O)C1C(c2cccc([N+](=O)[O-])c2)C2=C(CCC2=O)OC1(O)C(F)(F)F. The third kappa shape index (κ3) is 3.35. The number of Topliss-reactive ketones (excluding diaryl/α,β-unsaturated/α-hetero) is 1. The number of nitro groups is 1. The lowest BCUT2D eigenvalue weighted by molar-refractivity contribution is -0.385. The van der Waals surface area contributed by atoms with Gasteiger partial charge in [-0.1, -0.05) is 12.1 Å². The van der Waals surface area contributed by atoms with Gasteiger partial charge in [0, 0.05) is 36.5 Å². The van der Waals surface area contributed by atoms with Gasteiger partial charge in [-0.25, -0.2) is 0 Å². The molecular formula is C18H16F3NO7. The van der Waals surface area contributed by atoms with Crippen LogP contribution in [0.25, 0.3) is 0 Å². The largest absolute Gasteiger partial charge is 0.466 e. The molecule has 11 heteroatoms. The lowest BCUT2D eigenvalue weighted by Gasteiger charge is -2.43. The Balaban J connectivity index is 2.28. The van der Waals surface area contributed by atoms with Crippen LogP contribution in [0, 0.1) is 16.0 Å². The molecule has 3 atom stereocenters. The van der Waals surface area contributed by atoms with E-state index in [4.69, 9.17) is 9.47 Å². The highest BCUT2D eigenvalue weighted by Crippen LogP contribution is 2.54. The molecule has 1 aromatic carbocycles. The molecule has 0 radical (unpaired) electrons. The van der Waals surface area contributed by atoms with Gasteiger partial charge in [-0.3, -0.25) is 19.7 Å². The first-order valence-corrected chi connectivity index (χ1v) is 8.66. The standard InChI is InChI=1S/C18H16F3NO7/c1-2-28-16(24)15-13(9-4-3-5-10(8-9)22(26)27)14-11(23)6-7-12(14)29-17(15,25)18(19,20)21/h3-5,8,13,15,25H,2,6-7H2,1H3. The summed E-state index contributed by atoms with van der Waals surface area (Å²) in [6.45, 7) is 1.08. The van der Waals surface area contributed by atoms with Crippen molar-refractivity contribution in [1.29, 1.82) is 0 Å². The molecule has 0 spiro atoms. The van der Waals surface area contributed by atoms with Gasteiger partial charge in [0.15, 0.2) is 5.78 Å². The number of nitro benzene ring substituents is 1. The molecule has 3 unspecified atom stereocenters. The van der Waals surface area contributed by atoms with Crippen LogP contribution >= 0.6 is 0 Å². The molecule has 1 aromatic rings. The van der Waals surface area contributed by atoms with E-state index >= 15 is 0 Å². The van der Waals surface area contributed by atoms with Crippen LogP contribution in [-0.2, 0) is 19.1 Å². The van der Waals surface area contributed by atoms with E-state index in [0.29, 0.717) is 0 Å². The molecule has 2 aliphatic rings. The van der Waals surface area contributed by atoms with Crippen LogP contribution in [0.15, 0.2) is 35.6 Å². The van der Waals surface area contributed by atoms with Gasteiger partial charge in [-0.05, 0) is 12.5 Å². The molecule has 0 amide bonds. The maximum absolute atomic E-state index is 13.8. The van der Waals surface area contributed by atoms with E-state index in [2.05, 4.69) is 0 Å². The van der Waals surface area contributed by atoms with Gasteiger partial charge in [0.1, 0.15) is 11.7 Å². The summed E-state index contributed by atoms with van der Waals surface area (Å²) in [4.78, 5) is 35.3. The number of rotatable bonds is 4. The van der Waals surface area contributed by atoms with Crippen LogP contribution in [0.3, 0.4) is 0 Å². The number of aliphatic hydroxyl groups is 1. The van der Waals surface area contributed by atoms with Crippen LogP contribution in [0.2, 0.25) is 0 Å². The first-order valence-electron chi connectivity index (χ1n) is 8.66. The second kappa shape index (κ2) is 7.14. The summed E-state index contributed by atoms with van der Waals surface area (Å²) in [5.41, 5.74) is -0.761. The van der Waals surface area contributed by atoms with Gasteiger partial charge >= 0.3 is 17.9 Å². The smallest absolute Gasteiger partial charge is 0.456 e. The number of hydrogen-bond acceptors (Lipinski definition) is 7. The van der Waals surface area contributed by atoms with Crippen LogP contribution in [0.1, 0.15) is 31.2 Å². The summed E-state index contributed by atoms with van der Waals surface area (Å²) in [6, 6.07) is 4.55. The number of carbonyl (C=O) groups excluding carboxylic acids is 2. The lowest BCUT2D eigenvalue weighted by Crippen LogP contribution is -2.60. The summed E-state index contributed by atoms with van der Waals surface area (Å²) >= 11 is 0. The van der Waals surface area contributed by atoms with E-state index in [0.717, 1.165) is 12.1 Å². The average molecular weight is 415 g/mol. The second-order valence-corrected chi connectivity index (χ2v) is 6.62. The number of halogens is 3. The number of esters is 1. The number of ketones is 1. The molecule has 1 heterocycles. The quantitative estimate of drug-likeness (QED) is 0.457. The Bertz CT molecular complexity index is 911. The van der Waals surface area contributed by atoms with Crippen LogP contribution in [0.5, 0.6) is 0 Å². The van der Waals surface area contributed by atoms with Gasteiger partial charge in [0.05, 0.1) is 11.5 Å². The summed E-state index contributed by atoms with van der Waals surface area (Å²) in [5.74, 6) is -10.3. The van der Waals surface area contributed by atoms with Crippen molar-refractivity contribution in [3.63, 3.8) is 0 Å². The van der Waals surface area contributed by atoms with Crippen LogP contribution in [-0.4, -0.2) is 40.4 Å². The van der Waals surface area contributed by atoms with Crippen molar-refractivity contribution in [3.8, 4) is 0 Å². The average Bonchev–Trinajstić information content (AvgIpc) is 3.00. The lowest BCUT2D eigenvalue weighted by atomic mass is 9.73. The number of carbonyl (C=O) groups is 2. The fraction of sp³-hybridized carbons (Fsp3) is 0.444. The molecule has 0 saturated carbocycles. The van der Waals surface area contributed by atoms with E-state index in [9.17, 15) is 38.0 Å². The summed E-state index contributed by atoms with van der Waals surface area (Å²) in [5, 5.41) is 21.6. The van der Waals surface area contributed by atoms with E-state index < -0.39 is 46.2 Å². The molecule has 1 N–H and O–H groups in total. The summed E-state index contributed by atoms with van der Waals surface area (Å²) < 4.78 is 51.0. The summed E-state index contributed by atoms with van der Waals surface area (Å²) in [7, 11) is 0. The predicted octanol–water partition coefficient (Wildman–Crippen LogP) is 2.76. The van der Waals surface area contributed by atoms with Crippen molar-refractivity contribution in [1.82, 2.24) is 0 Å². The monoisotopic (exact) mass is 415 g/mol. The van der Waals surface area contributed by atoms with Crippen molar-refractivity contribution in [2.75, 3.05) is 6.61 Å². The highest BCUT2D eigenvalue weighted by molar-refractivity contribution is 6.01. The van der Waals surface area contributed by atoms with Crippen LogP contribution in [0.4, 0.5) is 18.9 Å². The zero-order valence-electron chi connectivity index (χ0n) is 15.1. The molecule has 0 bridgehead atoms. The van der Waals surface area contributed by atoms with E-state index in [1.165, 1.54) is 19.1 Å². The Labute approximate surface area is 162 Å². The number of ether oxygens (including phenoxy) is 2. The maximum Gasteiger partial charge on any atom is 0.456 e. The molecule has 0 fully saturated rings. The van der Waals surface area contributed by atoms with Crippen molar-refractivity contribution < 1.29 is 42.3 Å². The Morgan fingerprint density at radius 1 is 1.41 bits per heavy atom. The zero-order chi connectivity index (χ0) is 21.6. The van der Waals surface area contributed by atoms with Crippen molar-refractivity contribution in [2.24, 2.45) is 5.92 Å². The molecular weight excluding hydrogens is 399 g/mol. The Morgan fingerprint density at radius 2 is 2.10 bits per heavy atom. The Kier molecular flexibility index (Phi) is 5.11. The molecule has 156 valence electrons. The van der Waals surface area contributed by atoms with Gasteiger partial charge in [-0.2, -0.15) is 13.2 Å². The molecule has 1 aliphatic carbocycles.